The van der Waals surface area contributed by atoms with Crippen molar-refractivity contribution in [3.05, 3.63) is 46.1 Å². The molecule has 0 radical (unpaired) electrons. The van der Waals surface area contributed by atoms with E-state index in [2.05, 4.69) is 17.6 Å². The van der Waals surface area contributed by atoms with Crippen LogP contribution in [0.3, 0.4) is 0 Å². The molecule has 7 nitrogen and oxygen atoms in total. The summed E-state index contributed by atoms with van der Waals surface area (Å²) < 4.78 is 18.4. The molecule has 0 aliphatic heterocycles. The number of hydrogen-bond acceptors (Lipinski definition) is 6. The maximum absolute atomic E-state index is 13.0. The molecular weight excluding hydrogens is 445 g/mol. The zero-order valence-corrected chi connectivity index (χ0v) is 20.2. The summed E-state index contributed by atoms with van der Waals surface area (Å²) in [6.07, 6.45) is 2.39. The Kier molecular flexibility index (Phi) is 8.20. The standard InChI is InChI=1S/C24H30FN3O4S/c1-14(2)32-24(31)22-18-10-5-15(3)11-19(18)33-23(22)27-21(30)13-28(4)12-20(29)26-17-8-6-16(25)7-9-17/h6-9,14-15H,5,10-13H2,1-4H3,(H,26,29)(H,27,30)/t15-/m1/s1. The summed E-state index contributed by atoms with van der Waals surface area (Å²) in [6.45, 7) is 5.71. The van der Waals surface area contributed by atoms with Crippen molar-refractivity contribution >= 4 is 39.8 Å². The predicted octanol–water partition coefficient (Wildman–Crippen LogP) is 4.09. The number of nitrogens with zero attached hydrogens (tertiary/aromatic N) is 1. The molecule has 178 valence electrons. The fourth-order valence-electron chi connectivity index (χ4n) is 3.77. The number of hydrogen-bond donors (Lipinski definition) is 2. The summed E-state index contributed by atoms with van der Waals surface area (Å²) in [5, 5.41) is 6.03. The lowest BCUT2D eigenvalue weighted by atomic mass is 9.88. The van der Waals surface area contributed by atoms with Gasteiger partial charge in [0.1, 0.15) is 10.8 Å². The Hall–Kier alpha value is -2.78. The van der Waals surface area contributed by atoms with Crippen molar-refractivity contribution in [3.8, 4) is 0 Å². The van der Waals surface area contributed by atoms with E-state index in [0.717, 1.165) is 29.7 Å². The molecule has 33 heavy (non-hydrogen) atoms. The molecule has 0 saturated carbocycles. The lowest BCUT2D eigenvalue weighted by molar-refractivity contribution is -0.119. The number of carbonyl (C=O) groups excluding carboxylic acids is 3. The number of benzene rings is 1. The highest BCUT2D eigenvalue weighted by Crippen LogP contribution is 2.40. The first-order valence-corrected chi connectivity index (χ1v) is 11.8. The van der Waals surface area contributed by atoms with Gasteiger partial charge in [-0.2, -0.15) is 0 Å². The Morgan fingerprint density at radius 1 is 1.15 bits per heavy atom. The summed E-state index contributed by atoms with van der Waals surface area (Å²) in [7, 11) is 1.65. The van der Waals surface area contributed by atoms with Crippen LogP contribution in [0.2, 0.25) is 0 Å². The molecule has 1 heterocycles. The number of esters is 1. The second kappa shape index (κ2) is 10.9. The van der Waals surface area contributed by atoms with E-state index in [1.165, 1.54) is 35.6 Å². The van der Waals surface area contributed by atoms with Crippen LogP contribution >= 0.6 is 11.3 Å². The van der Waals surface area contributed by atoms with Gasteiger partial charge in [0.05, 0.1) is 24.8 Å². The quantitative estimate of drug-likeness (QED) is 0.562. The Labute approximate surface area is 197 Å². The van der Waals surface area contributed by atoms with E-state index in [-0.39, 0.29) is 36.8 Å². The monoisotopic (exact) mass is 475 g/mol. The summed E-state index contributed by atoms with van der Waals surface area (Å²) in [5.41, 5.74) is 1.91. The van der Waals surface area contributed by atoms with Gasteiger partial charge in [-0.05, 0) is 75.9 Å². The number of anilines is 2. The van der Waals surface area contributed by atoms with Crippen LogP contribution in [-0.4, -0.2) is 48.9 Å². The van der Waals surface area contributed by atoms with Crippen LogP contribution in [0.4, 0.5) is 15.1 Å². The Bertz CT molecular complexity index is 1020. The van der Waals surface area contributed by atoms with Crippen LogP contribution < -0.4 is 10.6 Å². The molecule has 0 fully saturated rings. The topological polar surface area (TPSA) is 87.7 Å². The normalized spacial score (nSPS) is 15.3. The zero-order chi connectivity index (χ0) is 24.1. The summed E-state index contributed by atoms with van der Waals surface area (Å²) in [5.74, 6) is -0.919. The molecule has 0 spiro atoms. The first-order valence-electron chi connectivity index (χ1n) is 11.0. The number of nitrogens with one attached hydrogen (secondary N) is 2. The third kappa shape index (κ3) is 6.85. The summed E-state index contributed by atoms with van der Waals surface area (Å²) >= 11 is 1.43. The smallest absolute Gasteiger partial charge is 0.341 e. The fraction of sp³-hybridized carbons (Fsp3) is 0.458. The lowest BCUT2D eigenvalue weighted by Crippen LogP contribution is -2.36. The molecule has 1 aromatic heterocycles. The molecule has 0 unspecified atom stereocenters. The molecule has 0 bridgehead atoms. The Morgan fingerprint density at radius 3 is 2.42 bits per heavy atom. The van der Waals surface area contributed by atoms with Crippen molar-refractivity contribution < 1.29 is 23.5 Å². The number of carbonyl (C=O) groups is 3. The largest absolute Gasteiger partial charge is 0.459 e. The van der Waals surface area contributed by atoms with Crippen molar-refractivity contribution in [2.24, 2.45) is 5.92 Å². The van der Waals surface area contributed by atoms with E-state index in [9.17, 15) is 18.8 Å². The zero-order valence-electron chi connectivity index (χ0n) is 19.4. The fourth-order valence-corrected chi connectivity index (χ4v) is 5.19. The average Bonchev–Trinajstić information content (AvgIpc) is 3.05. The molecule has 1 atom stereocenters. The van der Waals surface area contributed by atoms with Crippen molar-refractivity contribution in [1.82, 2.24) is 4.90 Å². The van der Waals surface area contributed by atoms with E-state index in [1.54, 1.807) is 25.8 Å². The van der Waals surface area contributed by atoms with Gasteiger partial charge >= 0.3 is 5.97 Å². The van der Waals surface area contributed by atoms with Gasteiger partial charge in [0.2, 0.25) is 11.8 Å². The van der Waals surface area contributed by atoms with Gasteiger partial charge in [0.25, 0.3) is 0 Å². The number of likely N-dealkylation sites (N-methyl/N-ethyl adjacent to an activating group) is 1. The number of halogens is 1. The van der Waals surface area contributed by atoms with Gasteiger partial charge in [0.15, 0.2) is 0 Å². The maximum Gasteiger partial charge on any atom is 0.341 e. The van der Waals surface area contributed by atoms with Gasteiger partial charge in [-0.3, -0.25) is 14.5 Å². The summed E-state index contributed by atoms with van der Waals surface area (Å²) in [6, 6.07) is 5.46. The van der Waals surface area contributed by atoms with Crippen LogP contribution in [0, 0.1) is 11.7 Å². The molecule has 3 rings (SSSR count). The minimum absolute atomic E-state index is 0.0223. The van der Waals surface area contributed by atoms with Crippen LogP contribution in [0.1, 0.15) is 48.0 Å². The number of rotatable bonds is 8. The molecular formula is C24H30FN3O4S. The lowest BCUT2D eigenvalue weighted by Gasteiger charge is -2.19. The second-order valence-electron chi connectivity index (χ2n) is 8.79. The third-order valence-electron chi connectivity index (χ3n) is 5.27. The Balaban J connectivity index is 1.63. The van der Waals surface area contributed by atoms with Gasteiger partial charge in [0, 0.05) is 10.6 Å². The predicted molar refractivity (Wildman–Crippen MR) is 127 cm³/mol. The van der Waals surface area contributed by atoms with Gasteiger partial charge in [-0.1, -0.05) is 6.92 Å². The first kappa shape index (κ1) is 24.9. The Morgan fingerprint density at radius 2 is 1.79 bits per heavy atom. The average molecular weight is 476 g/mol. The van der Waals surface area contributed by atoms with E-state index >= 15 is 0 Å². The third-order valence-corrected chi connectivity index (χ3v) is 6.44. The van der Waals surface area contributed by atoms with E-state index in [0.29, 0.717) is 22.2 Å². The molecule has 1 aliphatic rings. The van der Waals surface area contributed by atoms with Crippen molar-refractivity contribution in [2.45, 2.75) is 46.1 Å². The van der Waals surface area contributed by atoms with Gasteiger partial charge < -0.3 is 15.4 Å². The van der Waals surface area contributed by atoms with E-state index in [1.807, 2.05) is 0 Å². The molecule has 2 aromatic rings. The van der Waals surface area contributed by atoms with Crippen molar-refractivity contribution in [2.75, 3.05) is 30.8 Å². The molecule has 1 aromatic carbocycles. The highest BCUT2D eigenvalue weighted by molar-refractivity contribution is 7.17. The number of ether oxygens (including phenoxy) is 1. The van der Waals surface area contributed by atoms with E-state index < -0.39 is 5.97 Å². The van der Waals surface area contributed by atoms with Crippen LogP contribution in [0.5, 0.6) is 0 Å². The summed E-state index contributed by atoms with van der Waals surface area (Å²) in [4.78, 5) is 40.4. The molecule has 9 heteroatoms. The SMILES string of the molecule is CC(C)OC(=O)c1c(NC(=O)CN(C)CC(=O)Nc2ccc(F)cc2)sc2c1CC[C@@H](C)C2. The molecule has 2 amide bonds. The highest BCUT2D eigenvalue weighted by atomic mass is 32.1. The second-order valence-corrected chi connectivity index (χ2v) is 9.89. The molecule has 0 saturated heterocycles. The van der Waals surface area contributed by atoms with Crippen LogP contribution in [-0.2, 0) is 27.2 Å². The van der Waals surface area contributed by atoms with Crippen LogP contribution in [0.25, 0.3) is 0 Å². The number of fused-ring (bicyclic) bond motifs is 1. The number of amides is 2. The van der Waals surface area contributed by atoms with Crippen LogP contribution in [0.15, 0.2) is 24.3 Å². The van der Waals surface area contributed by atoms with E-state index in [4.69, 9.17) is 4.74 Å². The maximum atomic E-state index is 13.0. The molecule has 1 aliphatic carbocycles. The van der Waals surface area contributed by atoms with Crippen molar-refractivity contribution in [3.63, 3.8) is 0 Å². The molecule has 2 N–H and O–H groups in total. The highest BCUT2D eigenvalue weighted by Gasteiger charge is 2.29. The number of thiophene rings is 1. The van der Waals surface area contributed by atoms with Gasteiger partial charge in [-0.25, -0.2) is 9.18 Å². The minimum atomic E-state index is -0.417. The minimum Gasteiger partial charge on any atom is -0.459 e. The van der Waals surface area contributed by atoms with Gasteiger partial charge in [-0.15, -0.1) is 11.3 Å². The van der Waals surface area contributed by atoms with Crippen molar-refractivity contribution in [1.29, 1.82) is 0 Å². The first-order chi connectivity index (χ1) is 15.6.